The Morgan fingerprint density at radius 1 is 1.03 bits per heavy atom. The fourth-order valence-corrected chi connectivity index (χ4v) is 5.53. The van der Waals surface area contributed by atoms with Crippen molar-refractivity contribution < 1.29 is 18.7 Å². The number of hydrogen-bond donors (Lipinski definition) is 1. The molecule has 3 aromatic carbocycles. The molecule has 7 heteroatoms. The molecule has 6 nitrogen and oxygen atoms in total. The number of methoxy groups -OCH3 is 1. The summed E-state index contributed by atoms with van der Waals surface area (Å²) in [6.07, 6.45) is 5.24. The van der Waals surface area contributed by atoms with E-state index in [2.05, 4.69) is 5.32 Å². The number of anilines is 2. The van der Waals surface area contributed by atoms with Crippen LogP contribution in [0.1, 0.15) is 49.3 Å². The van der Waals surface area contributed by atoms with Gasteiger partial charge < -0.3 is 15.0 Å². The summed E-state index contributed by atoms with van der Waals surface area (Å²) < 4.78 is 19.6. The number of nitrogens with one attached hydrogen (secondary N) is 1. The van der Waals surface area contributed by atoms with E-state index in [1.54, 1.807) is 19.2 Å². The van der Waals surface area contributed by atoms with Crippen LogP contribution in [0.3, 0.4) is 0 Å². The number of fused-ring (bicyclic) bond motifs is 1. The van der Waals surface area contributed by atoms with E-state index >= 15 is 0 Å². The Kier molecular flexibility index (Phi) is 7.51. The second kappa shape index (κ2) is 11.1. The van der Waals surface area contributed by atoms with Crippen LogP contribution >= 0.6 is 0 Å². The molecule has 0 bridgehead atoms. The molecule has 0 spiro atoms. The zero-order valence-electron chi connectivity index (χ0n) is 21.0. The molecule has 1 unspecified atom stereocenters. The first-order valence-corrected chi connectivity index (χ1v) is 12.9. The van der Waals surface area contributed by atoms with Gasteiger partial charge in [-0.3, -0.25) is 14.5 Å². The molecular formula is C30H32FN3O3. The van der Waals surface area contributed by atoms with Crippen molar-refractivity contribution in [3.63, 3.8) is 0 Å². The van der Waals surface area contributed by atoms with Gasteiger partial charge in [0.25, 0.3) is 5.91 Å². The average molecular weight is 502 g/mol. The molecule has 5 rings (SSSR count). The van der Waals surface area contributed by atoms with Crippen molar-refractivity contribution in [3.05, 3.63) is 89.7 Å². The summed E-state index contributed by atoms with van der Waals surface area (Å²) in [7, 11) is 1.61. The van der Waals surface area contributed by atoms with Crippen LogP contribution in [-0.4, -0.2) is 31.5 Å². The fourth-order valence-electron chi connectivity index (χ4n) is 5.53. The number of nitrogens with zero attached hydrogens (tertiary/aromatic N) is 2. The van der Waals surface area contributed by atoms with Gasteiger partial charge in [0.05, 0.1) is 13.7 Å². The van der Waals surface area contributed by atoms with E-state index in [-0.39, 0.29) is 24.4 Å². The van der Waals surface area contributed by atoms with Crippen LogP contribution < -0.4 is 19.9 Å². The Labute approximate surface area is 217 Å². The lowest BCUT2D eigenvalue weighted by Gasteiger charge is -2.33. The molecule has 3 aromatic rings. The van der Waals surface area contributed by atoms with Crippen molar-refractivity contribution in [2.24, 2.45) is 0 Å². The van der Waals surface area contributed by atoms with Gasteiger partial charge in [-0.15, -0.1) is 0 Å². The number of ether oxygens (including phenoxy) is 1. The minimum absolute atomic E-state index is 0.0108. The molecule has 1 N–H and O–H groups in total. The number of carbonyl (C=O) groups excluding carboxylic acids is 2. The van der Waals surface area contributed by atoms with E-state index < -0.39 is 11.9 Å². The van der Waals surface area contributed by atoms with E-state index in [1.165, 1.54) is 23.5 Å². The molecule has 1 fully saturated rings. The van der Waals surface area contributed by atoms with Crippen LogP contribution in [0.15, 0.2) is 72.8 Å². The minimum Gasteiger partial charge on any atom is -0.497 e. The molecule has 2 aliphatic rings. The van der Waals surface area contributed by atoms with Crippen LogP contribution in [-0.2, 0) is 16.1 Å². The Bertz CT molecular complexity index is 1270. The second-order valence-corrected chi connectivity index (χ2v) is 9.66. The van der Waals surface area contributed by atoms with Crippen LogP contribution in [0.25, 0.3) is 0 Å². The normalized spacial score (nSPS) is 17.5. The zero-order chi connectivity index (χ0) is 25.8. The second-order valence-electron chi connectivity index (χ2n) is 9.66. The molecule has 1 heterocycles. The first-order valence-electron chi connectivity index (χ1n) is 12.9. The maximum atomic E-state index is 14.3. The largest absolute Gasteiger partial charge is 0.497 e. The van der Waals surface area contributed by atoms with Crippen molar-refractivity contribution in [1.29, 1.82) is 0 Å². The molecule has 0 aromatic heterocycles. The van der Waals surface area contributed by atoms with Gasteiger partial charge >= 0.3 is 0 Å². The van der Waals surface area contributed by atoms with Gasteiger partial charge in [0.15, 0.2) is 0 Å². The van der Waals surface area contributed by atoms with Crippen molar-refractivity contribution in [2.45, 2.75) is 50.7 Å². The molecule has 0 saturated heterocycles. The van der Waals surface area contributed by atoms with Crippen LogP contribution in [0, 0.1) is 5.82 Å². The summed E-state index contributed by atoms with van der Waals surface area (Å²) in [6, 6.07) is 20.5. The van der Waals surface area contributed by atoms with Crippen LogP contribution in [0.5, 0.6) is 5.75 Å². The number of amides is 2. The van der Waals surface area contributed by atoms with Crippen molar-refractivity contribution in [1.82, 2.24) is 5.32 Å². The summed E-state index contributed by atoms with van der Waals surface area (Å²) in [5.74, 6) is -0.142. The molecule has 1 saturated carbocycles. The molecular weight excluding hydrogens is 469 g/mol. The predicted octanol–water partition coefficient (Wildman–Crippen LogP) is 5.38. The van der Waals surface area contributed by atoms with Gasteiger partial charge in [0, 0.05) is 29.5 Å². The lowest BCUT2D eigenvalue weighted by atomic mass is 9.94. The molecule has 1 aliphatic heterocycles. The van der Waals surface area contributed by atoms with E-state index in [0.29, 0.717) is 12.2 Å². The lowest BCUT2D eigenvalue weighted by molar-refractivity contribution is -0.124. The van der Waals surface area contributed by atoms with Crippen molar-refractivity contribution in [3.8, 4) is 5.75 Å². The van der Waals surface area contributed by atoms with Crippen molar-refractivity contribution >= 4 is 23.2 Å². The van der Waals surface area contributed by atoms with Gasteiger partial charge in [-0.2, -0.15) is 0 Å². The molecule has 1 atom stereocenters. The van der Waals surface area contributed by atoms with E-state index in [0.717, 1.165) is 48.2 Å². The summed E-state index contributed by atoms with van der Waals surface area (Å²) >= 11 is 0. The molecule has 0 radical (unpaired) electrons. The minimum atomic E-state index is -0.842. The number of benzene rings is 3. The number of para-hydroxylation sites is 1. The lowest BCUT2D eigenvalue weighted by Crippen LogP contribution is -2.47. The van der Waals surface area contributed by atoms with E-state index in [9.17, 15) is 14.0 Å². The summed E-state index contributed by atoms with van der Waals surface area (Å²) in [4.78, 5) is 31.1. The number of rotatable bonds is 8. The monoisotopic (exact) mass is 501 g/mol. The number of carbonyl (C=O) groups is 2. The molecule has 1 aliphatic carbocycles. The third kappa shape index (κ3) is 5.23. The van der Waals surface area contributed by atoms with Gasteiger partial charge in [-0.1, -0.05) is 55.7 Å². The first-order chi connectivity index (χ1) is 18.1. The highest BCUT2D eigenvalue weighted by Crippen LogP contribution is 2.44. The maximum absolute atomic E-state index is 14.3. The maximum Gasteiger partial charge on any atom is 0.255 e. The van der Waals surface area contributed by atoms with Gasteiger partial charge in [0.2, 0.25) is 5.91 Å². The Hall–Kier alpha value is -3.71. The zero-order valence-corrected chi connectivity index (χ0v) is 21.0. The van der Waals surface area contributed by atoms with Gasteiger partial charge in [-0.25, -0.2) is 4.39 Å². The average Bonchev–Trinajstić information content (AvgIpc) is 3.21. The third-order valence-electron chi connectivity index (χ3n) is 7.25. The fraction of sp³-hybridized carbons (Fsp3) is 0.333. The van der Waals surface area contributed by atoms with E-state index in [1.807, 2.05) is 53.4 Å². The van der Waals surface area contributed by atoms with Crippen LogP contribution in [0.4, 0.5) is 15.8 Å². The highest BCUT2D eigenvalue weighted by molar-refractivity contribution is 6.12. The highest BCUT2D eigenvalue weighted by Gasteiger charge is 2.45. The molecule has 2 amide bonds. The Morgan fingerprint density at radius 2 is 1.81 bits per heavy atom. The van der Waals surface area contributed by atoms with E-state index in [4.69, 9.17) is 4.74 Å². The van der Waals surface area contributed by atoms with Crippen LogP contribution in [0.2, 0.25) is 0 Å². The smallest absolute Gasteiger partial charge is 0.255 e. The Balaban J connectivity index is 1.44. The SMILES string of the molecule is COc1cccc(CNCC(=O)N(c2cccc(F)c2)C2C(=O)N(C3CCCCC3)c3ccccc32)c1. The van der Waals surface area contributed by atoms with Gasteiger partial charge in [-0.05, 0) is 54.8 Å². The highest BCUT2D eigenvalue weighted by atomic mass is 19.1. The molecule has 192 valence electrons. The standard InChI is InChI=1S/C30H32FN3O3/c1-37-25-14-7-9-21(17-25)19-32-20-28(35)34(24-13-8-10-22(31)18-24)29-26-15-5-6-16-27(26)33(30(29)36)23-11-3-2-4-12-23/h5-10,13-18,23,29,32H,2-4,11-12,19-20H2,1H3. The number of halogens is 1. The summed E-state index contributed by atoms with van der Waals surface area (Å²) in [5.41, 5.74) is 2.97. The quantitative estimate of drug-likeness (QED) is 0.450. The number of hydrogen-bond acceptors (Lipinski definition) is 4. The summed E-state index contributed by atoms with van der Waals surface area (Å²) in [5, 5.41) is 3.19. The van der Waals surface area contributed by atoms with Crippen molar-refractivity contribution in [2.75, 3.05) is 23.5 Å². The molecule has 37 heavy (non-hydrogen) atoms. The predicted molar refractivity (Wildman–Crippen MR) is 142 cm³/mol. The van der Waals surface area contributed by atoms with Gasteiger partial charge in [0.1, 0.15) is 17.6 Å². The first kappa shape index (κ1) is 25.0. The summed E-state index contributed by atoms with van der Waals surface area (Å²) in [6.45, 7) is 0.437. The Morgan fingerprint density at radius 3 is 2.59 bits per heavy atom. The topological polar surface area (TPSA) is 61.9 Å². The third-order valence-corrected chi connectivity index (χ3v) is 7.25.